The van der Waals surface area contributed by atoms with Crippen molar-refractivity contribution in [2.75, 3.05) is 11.5 Å². The molecule has 0 saturated heterocycles. The summed E-state index contributed by atoms with van der Waals surface area (Å²) >= 11 is 2.41. The van der Waals surface area contributed by atoms with Crippen molar-refractivity contribution in [2.45, 2.75) is 45.3 Å². The molecule has 1 aromatic rings. The smallest absolute Gasteiger partial charge is 0.124 e. The van der Waals surface area contributed by atoms with Gasteiger partial charge in [-0.1, -0.05) is 54.6 Å². The van der Waals surface area contributed by atoms with Crippen LogP contribution in [0.2, 0.25) is 0 Å². The lowest BCUT2D eigenvalue weighted by atomic mass is 9.81. The van der Waals surface area contributed by atoms with E-state index in [1.54, 1.807) is 7.11 Å². The molecule has 1 aromatic carbocycles. The van der Waals surface area contributed by atoms with Crippen LogP contribution in [0.3, 0.4) is 0 Å². The van der Waals surface area contributed by atoms with Gasteiger partial charge >= 0.3 is 0 Å². The van der Waals surface area contributed by atoms with E-state index in [4.69, 9.17) is 9.47 Å². The van der Waals surface area contributed by atoms with Crippen molar-refractivity contribution >= 4 is 22.6 Å². The van der Waals surface area contributed by atoms with E-state index in [1.807, 2.05) is 12.1 Å². The maximum absolute atomic E-state index is 6.42. The van der Waals surface area contributed by atoms with E-state index in [1.165, 1.54) is 24.8 Å². The zero-order valence-corrected chi connectivity index (χ0v) is 14.8. The maximum atomic E-state index is 6.42. The van der Waals surface area contributed by atoms with Crippen LogP contribution in [0.4, 0.5) is 0 Å². The van der Waals surface area contributed by atoms with Crippen LogP contribution in [0.1, 0.15) is 44.8 Å². The third-order valence-electron chi connectivity index (χ3n) is 4.12. The lowest BCUT2D eigenvalue weighted by Gasteiger charge is -2.34. The van der Waals surface area contributed by atoms with Gasteiger partial charge in [-0.2, -0.15) is 0 Å². The molecule has 0 N–H and O–H groups in total. The van der Waals surface area contributed by atoms with Crippen LogP contribution in [0.5, 0.6) is 5.75 Å². The molecule has 0 bridgehead atoms. The summed E-state index contributed by atoms with van der Waals surface area (Å²) in [5, 5.41) is 0. The number of hydrogen-bond donors (Lipinski definition) is 0. The Bertz CT molecular complexity index is 411. The van der Waals surface area contributed by atoms with E-state index < -0.39 is 0 Å². The number of para-hydroxylation sites is 1. The summed E-state index contributed by atoms with van der Waals surface area (Å²) in [6, 6.07) is 8.21. The molecule has 3 heteroatoms. The Morgan fingerprint density at radius 1 is 1.15 bits per heavy atom. The Labute approximate surface area is 136 Å². The van der Waals surface area contributed by atoms with Gasteiger partial charge in [0.2, 0.25) is 0 Å². The van der Waals surface area contributed by atoms with Crippen LogP contribution in [0.25, 0.3) is 0 Å². The standard InChI is InChI=1S/C17H25IO2/c1-12-8-13(2)10-14(9-12)20-17(11-18)15-6-4-5-7-16(15)19-3/h4-7,12-14,17H,8-11H2,1-3H3. The highest BCUT2D eigenvalue weighted by atomic mass is 127. The summed E-state index contributed by atoms with van der Waals surface area (Å²) in [6.07, 6.45) is 4.23. The fraction of sp³-hybridized carbons (Fsp3) is 0.647. The predicted molar refractivity (Wildman–Crippen MR) is 91.7 cm³/mol. The summed E-state index contributed by atoms with van der Waals surface area (Å²) in [5.74, 6) is 2.48. The van der Waals surface area contributed by atoms with Crippen LogP contribution < -0.4 is 4.74 Å². The largest absolute Gasteiger partial charge is 0.496 e. The Hall–Kier alpha value is -0.290. The molecule has 0 radical (unpaired) electrons. The molecule has 3 unspecified atom stereocenters. The molecule has 2 nitrogen and oxygen atoms in total. The van der Waals surface area contributed by atoms with Gasteiger partial charge in [0.1, 0.15) is 5.75 Å². The van der Waals surface area contributed by atoms with Crippen molar-refractivity contribution < 1.29 is 9.47 Å². The molecule has 2 rings (SSSR count). The minimum atomic E-state index is 0.134. The van der Waals surface area contributed by atoms with Crippen molar-refractivity contribution in [1.29, 1.82) is 0 Å². The summed E-state index contributed by atoms with van der Waals surface area (Å²) < 4.78 is 12.9. The number of rotatable bonds is 5. The number of ether oxygens (including phenoxy) is 2. The summed E-state index contributed by atoms with van der Waals surface area (Å²) in [4.78, 5) is 0. The topological polar surface area (TPSA) is 18.5 Å². The van der Waals surface area contributed by atoms with Crippen molar-refractivity contribution in [1.82, 2.24) is 0 Å². The molecule has 1 aliphatic carbocycles. The average Bonchev–Trinajstić information content (AvgIpc) is 2.43. The van der Waals surface area contributed by atoms with Crippen molar-refractivity contribution in [3.8, 4) is 5.75 Å². The molecule has 20 heavy (non-hydrogen) atoms. The van der Waals surface area contributed by atoms with Crippen molar-refractivity contribution in [2.24, 2.45) is 11.8 Å². The van der Waals surface area contributed by atoms with E-state index in [0.29, 0.717) is 6.10 Å². The van der Waals surface area contributed by atoms with Gasteiger partial charge in [0.15, 0.2) is 0 Å². The molecule has 0 heterocycles. The second-order valence-corrected chi connectivity index (χ2v) is 6.94. The molecular formula is C17H25IO2. The van der Waals surface area contributed by atoms with E-state index in [2.05, 4.69) is 48.6 Å². The zero-order chi connectivity index (χ0) is 14.5. The van der Waals surface area contributed by atoms with E-state index >= 15 is 0 Å². The monoisotopic (exact) mass is 388 g/mol. The van der Waals surface area contributed by atoms with Crippen LogP contribution in [-0.2, 0) is 4.74 Å². The summed E-state index contributed by atoms with van der Waals surface area (Å²) in [7, 11) is 1.73. The molecule has 3 atom stereocenters. The highest BCUT2D eigenvalue weighted by Gasteiger charge is 2.27. The Morgan fingerprint density at radius 2 is 1.80 bits per heavy atom. The lowest BCUT2D eigenvalue weighted by Crippen LogP contribution is -2.28. The molecule has 0 aromatic heterocycles. The second kappa shape index (κ2) is 7.64. The van der Waals surface area contributed by atoms with Crippen LogP contribution in [0, 0.1) is 11.8 Å². The van der Waals surface area contributed by atoms with Gasteiger partial charge in [-0.05, 0) is 37.2 Å². The quantitative estimate of drug-likeness (QED) is 0.521. The number of alkyl halides is 1. The summed E-state index contributed by atoms with van der Waals surface area (Å²) in [5.41, 5.74) is 1.18. The highest BCUT2D eigenvalue weighted by Crippen LogP contribution is 2.36. The Balaban J connectivity index is 2.08. The fourth-order valence-electron chi connectivity index (χ4n) is 3.34. The van der Waals surface area contributed by atoms with Gasteiger partial charge in [0.25, 0.3) is 0 Å². The van der Waals surface area contributed by atoms with Gasteiger partial charge in [-0.3, -0.25) is 0 Å². The molecule has 1 fully saturated rings. The molecular weight excluding hydrogens is 363 g/mol. The first-order valence-electron chi connectivity index (χ1n) is 7.48. The average molecular weight is 388 g/mol. The zero-order valence-electron chi connectivity index (χ0n) is 12.6. The van der Waals surface area contributed by atoms with Gasteiger partial charge < -0.3 is 9.47 Å². The Morgan fingerprint density at radius 3 is 2.40 bits per heavy atom. The van der Waals surface area contributed by atoms with Crippen molar-refractivity contribution in [3.63, 3.8) is 0 Å². The van der Waals surface area contributed by atoms with Crippen LogP contribution in [0.15, 0.2) is 24.3 Å². The van der Waals surface area contributed by atoms with E-state index in [9.17, 15) is 0 Å². The summed E-state index contributed by atoms with van der Waals surface area (Å²) in [6.45, 7) is 4.68. The first-order valence-corrected chi connectivity index (χ1v) is 9.01. The van der Waals surface area contributed by atoms with Crippen molar-refractivity contribution in [3.05, 3.63) is 29.8 Å². The molecule has 0 aliphatic heterocycles. The molecule has 1 saturated carbocycles. The maximum Gasteiger partial charge on any atom is 0.124 e. The Kier molecular flexibility index (Phi) is 6.15. The van der Waals surface area contributed by atoms with E-state index in [-0.39, 0.29) is 6.10 Å². The fourth-order valence-corrected chi connectivity index (χ4v) is 4.02. The minimum absolute atomic E-state index is 0.134. The lowest BCUT2D eigenvalue weighted by molar-refractivity contribution is -0.0401. The van der Waals surface area contributed by atoms with Gasteiger partial charge in [-0.25, -0.2) is 0 Å². The number of halogens is 1. The number of benzene rings is 1. The number of methoxy groups -OCH3 is 1. The van der Waals surface area contributed by atoms with E-state index in [0.717, 1.165) is 22.0 Å². The van der Waals surface area contributed by atoms with Gasteiger partial charge in [0, 0.05) is 9.99 Å². The molecule has 0 spiro atoms. The third kappa shape index (κ3) is 4.10. The first-order chi connectivity index (χ1) is 9.63. The number of hydrogen-bond acceptors (Lipinski definition) is 2. The molecule has 1 aliphatic rings. The molecule has 112 valence electrons. The minimum Gasteiger partial charge on any atom is -0.496 e. The third-order valence-corrected chi connectivity index (χ3v) is 4.92. The van der Waals surface area contributed by atoms with Gasteiger partial charge in [-0.15, -0.1) is 0 Å². The van der Waals surface area contributed by atoms with Crippen LogP contribution >= 0.6 is 22.6 Å². The predicted octanol–water partition coefficient (Wildman–Crippen LogP) is 5.01. The first kappa shape index (κ1) is 16.1. The SMILES string of the molecule is COc1ccccc1C(CI)OC1CC(C)CC(C)C1. The normalized spacial score (nSPS) is 28.1. The van der Waals surface area contributed by atoms with Crippen LogP contribution in [-0.4, -0.2) is 17.6 Å². The highest BCUT2D eigenvalue weighted by molar-refractivity contribution is 14.1. The second-order valence-electron chi connectivity index (χ2n) is 6.06. The van der Waals surface area contributed by atoms with Gasteiger partial charge in [0.05, 0.1) is 19.3 Å². The molecule has 0 amide bonds.